The first kappa shape index (κ1) is 24.6. The molecule has 3 aliphatic rings. The van der Waals surface area contributed by atoms with Gasteiger partial charge >= 0.3 is 0 Å². The molecule has 33 heavy (non-hydrogen) atoms. The zero-order chi connectivity index (χ0) is 23.6. The van der Waals surface area contributed by atoms with Crippen LogP contribution in [0.25, 0.3) is 0 Å². The zero-order valence-corrected chi connectivity index (χ0v) is 20.9. The highest BCUT2D eigenvalue weighted by atomic mass is 32.2. The topological polar surface area (TPSA) is 104 Å². The third kappa shape index (κ3) is 5.96. The molecule has 184 valence electrons. The van der Waals surface area contributed by atoms with Crippen LogP contribution in [0.5, 0.6) is 0 Å². The Morgan fingerprint density at radius 2 is 1.36 bits per heavy atom. The van der Waals surface area contributed by atoms with Gasteiger partial charge in [0.25, 0.3) is 0 Å². The van der Waals surface area contributed by atoms with E-state index in [4.69, 9.17) is 0 Å². The number of piperazine rings is 1. The Balaban J connectivity index is 1.26. The van der Waals surface area contributed by atoms with Crippen LogP contribution in [0.3, 0.4) is 0 Å². The van der Waals surface area contributed by atoms with E-state index in [2.05, 4.69) is 9.62 Å². The molecule has 0 aromatic heterocycles. The van der Waals surface area contributed by atoms with Crippen LogP contribution in [-0.2, 0) is 24.7 Å². The Kier molecular flexibility index (Phi) is 7.47. The second-order valence-electron chi connectivity index (χ2n) is 9.71. The molecule has 1 N–H and O–H groups in total. The lowest BCUT2D eigenvalue weighted by Crippen LogP contribution is -2.53. The minimum atomic E-state index is -3.74. The summed E-state index contributed by atoms with van der Waals surface area (Å²) in [6.45, 7) is 3.52. The molecule has 0 bridgehead atoms. The third-order valence-electron chi connectivity index (χ3n) is 7.43. The molecule has 1 aliphatic heterocycles. The summed E-state index contributed by atoms with van der Waals surface area (Å²) in [6, 6.07) is 5.75. The second-order valence-corrected chi connectivity index (χ2v) is 13.4. The van der Waals surface area contributed by atoms with Crippen molar-refractivity contribution in [3.8, 4) is 0 Å². The SMILES string of the molecule is CS(=O)(=O)c1ccc(S(=O)(=O)N[C@H]2CC[C@H](C(=O)N3CCN(C4CCCC4)CC3)CC2)cc1. The van der Waals surface area contributed by atoms with E-state index in [0.717, 1.165) is 32.4 Å². The number of sulfonamides is 1. The third-order valence-corrected chi connectivity index (χ3v) is 10.1. The van der Waals surface area contributed by atoms with Crippen LogP contribution < -0.4 is 4.72 Å². The lowest BCUT2D eigenvalue weighted by molar-refractivity contribution is -0.138. The molecule has 0 spiro atoms. The maximum atomic E-state index is 13.0. The van der Waals surface area contributed by atoms with Crippen LogP contribution in [0.4, 0.5) is 0 Å². The molecule has 1 aromatic carbocycles. The van der Waals surface area contributed by atoms with Crippen LogP contribution in [0.15, 0.2) is 34.1 Å². The summed E-state index contributed by atoms with van der Waals surface area (Å²) in [7, 11) is -7.12. The number of nitrogens with zero attached hydrogens (tertiary/aromatic N) is 2. The number of hydrogen-bond acceptors (Lipinski definition) is 6. The van der Waals surface area contributed by atoms with Gasteiger partial charge in [-0.25, -0.2) is 21.6 Å². The number of benzene rings is 1. The molecule has 2 saturated carbocycles. The van der Waals surface area contributed by atoms with Crippen molar-refractivity contribution in [2.75, 3.05) is 32.4 Å². The van der Waals surface area contributed by atoms with Gasteiger partial charge in [0.1, 0.15) is 0 Å². The van der Waals surface area contributed by atoms with Gasteiger partial charge in [0.05, 0.1) is 9.79 Å². The Labute approximate surface area is 197 Å². The molecular formula is C23H35N3O5S2. The highest BCUT2D eigenvalue weighted by molar-refractivity contribution is 7.90. The van der Waals surface area contributed by atoms with Crippen molar-refractivity contribution in [3.05, 3.63) is 24.3 Å². The predicted octanol–water partition coefficient (Wildman–Crippen LogP) is 2.01. The zero-order valence-electron chi connectivity index (χ0n) is 19.3. The van der Waals surface area contributed by atoms with Crippen LogP contribution >= 0.6 is 0 Å². The van der Waals surface area contributed by atoms with E-state index in [-0.39, 0.29) is 27.7 Å². The van der Waals surface area contributed by atoms with Gasteiger partial charge in [-0.3, -0.25) is 9.69 Å². The van der Waals surface area contributed by atoms with Gasteiger partial charge in [-0.1, -0.05) is 12.8 Å². The smallest absolute Gasteiger partial charge is 0.240 e. The standard InChI is InChI=1S/C23H35N3O5S2/c1-32(28,29)21-10-12-22(13-11-21)33(30,31)24-19-8-6-18(7-9-19)23(27)26-16-14-25(15-17-26)20-4-2-3-5-20/h10-13,18-20,24H,2-9,14-17H2,1H3/t18-,19-. The van der Waals surface area contributed by atoms with Gasteiger partial charge < -0.3 is 4.90 Å². The first-order valence-corrected chi connectivity index (χ1v) is 15.4. The summed E-state index contributed by atoms with van der Waals surface area (Å²) in [5.41, 5.74) is 0. The van der Waals surface area contributed by atoms with Crippen LogP contribution in [-0.4, -0.2) is 77.1 Å². The highest BCUT2D eigenvalue weighted by Gasteiger charge is 2.34. The number of sulfone groups is 1. The van der Waals surface area contributed by atoms with Crippen molar-refractivity contribution in [1.29, 1.82) is 0 Å². The van der Waals surface area contributed by atoms with Crippen LogP contribution in [0.1, 0.15) is 51.4 Å². The van der Waals surface area contributed by atoms with Crippen molar-refractivity contribution < 1.29 is 21.6 Å². The summed E-state index contributed by atoms with van der Waals surface area (Å²) in [5, 5.41) is 0. The normalized spacial score (nSPS) is 25.9. The number of nitrogens with one attached hydrogen (secondary N) is 1. The molecule has 1 heterocycles. The van der Waals surface area contributed by atoms with Crippen molar-refractivity contribution in [2.45, 2.75) is 73.2 Å². The van der Waals surface area contributed by atoms with E-state index in [0.29, 0.717) is 31.7 Å². The van der Waals surface area contributed by atoms with Gasteiger partial charge in [-0.2, -0.15) is 0 Å². The maximum absolute atomic E-state index is 13.0. The molecule has 8 nitrogen and oxygen atoms in total. The van der Waals surface area contributed by atoms with Gasteiger partial charge in [-0.05, 0) is 62.8 Å². The molecule has 0 unspecified atom stereocenters. The van der Waals surface area contributed by atoms with E-state index < -0.39 is 19.9 Å². The molecule has 2 aliphatic carbocycles. The van der Waals surface area contributed by atoms with Crippen LogP contribution in [0, 0.1) is 5.92 Å². The van der Waals surface area contributed by atoms with E-state index >= 15 is 0 Å². The Bertz CT molecular complexity index is 1030. The molecule has 1 aromatic rings. The number of rotatable bonds is 6. The lowest BCUT2D eigenvalue weighted by Gasteiger charge is -2.40. The fourth-order valence-electron chi connectivity index (χ4n) is 5.45. The van der Waals surface area contributed by atoms with E-state index in [1.807, 2.05) is 4.90 Å². The monoisotopic (exact) mass is 497 g/mol. The number of amides is 1. The first-order valence-electron chi connectivity index (χ1n) is 12.0. The van der Waals surface area contributed by atoms with E-state index in [1.165, 1.54) is 49.9 Å². The molecular weight excluding hydrogens is 462 g/mol. The minimum Gasteiger partial charge on any atom is -0.340 e. The average molecular weight is 498 g/mol. The summed E-state index contributed by atoms with van der Waals surface area (Å²) in [5.74, 6) is 0.191. The minimum absolute atomic E-state index is 0.0298. The molecule has 3 fully saturated rings. The van der Waals surface area contributed by atoms with Crippen molar-refractivity contribution in [1.82, 2.24) is 14.5 Å². The summed E-state index contributed by atoms with van der Waals surface area (Å²) < 4.78 is 51.4. The van der Waals surface area contributed by atoms with E-state index in [9.17, 15) is 21.6 Å². The fourth-order valence-corrected chi connectivity index (χ4v) is 7.38. The Hall–Kier alpha value is -1.49. The van der Waals surface area contributed by atoms with Gasteiger partial charge in [0.15, 0.2) is 9.84 Å². The summed E-state index contributed by atoms with van der Waals surface area (Å²) in [6.07, 6.45) is 8.92. The molecule has 0 atom stereocenters. The molecule has 1 saturated heterocycles. The predicted molar refractivity (Wildman–Crippen MR) is 126 cm³/mol. The molecule has 10 heteroatoms. The molecule has 1 amide bonds. The number of carbonyl (C=O) groups excluding carboxylic acids is 1. The van der Waals surface area contributed by atoms with Gasteiger partial charge in [0.2, 0.25) is 15.9 Å². The van der Waals surface area contributed by atoms with Gasteiger partial charge in [-0.15, -0.1) is 0 Å². The van der Waals surface area contributed by atoms with Crippen molar-refractivity contribution in [3.63, 3.8) is 0 Å². The largest absolute Gasteiger partial charge is 0.340 e. The van der Waals surface area contributed by atoms with E-state index in [1.54, 1.807) is 0 Å². The Morgan fingerprint density at radius 3 is 1.91 bits per heavy atom. The summed E-state index contributed by atoms with van der Waals surface area (Å²) >= 11 is 0. The number of hydrogen-bond donors (Lipinski definition) is 1. The second kappa shape index (κ2) is 10.0. The van der Waals surface area contributed by atoms with Gasteiger partial charge in [0, 0.05) is 50.4 Å². The summed E-state index contributed by atoms with van der Waals surface area (Å²) in [4.78, 5) is 17.7. The quantitative estimate of drug-likeness (QED) is 0.645. The fraction of sp³-hybridized carbons (Fsp3) is 0.696. The highest BCUT2D eigenvalue weighted by Crippen LogP contribution is 2.29. The van der Waals surface area contributed by atoms with Crippen LogP contribution in [0.2, 0.25) is 0 Å². The average Bonchev–Trinajstić information content (AvgIpc) is 3.34. The van der Waals surface area contributed by atoms with Crippen molar-refractivity contribution in [2.24, 2.45) is 5.92 Å². The number of carbonyl (C=O) groups is 1. The van der Waals surface area contributed by atoms with Crippen molar-refractivity contribution >= 4 is 25.8 Å². The molecule has 4 rings (SSSR count). The first-order chi connectivity index (χ1) is 15.6. The lowest BCUT2D eigenvalue weighted by atomic mass is 9.85. The molecule has 0 radical (unpaired) electrons. The Morgan fingerprint density at radius 1 is 0.818 bits per heavy atom. The maximum Gasteiger partial charge on any atom is 0.240 e.